The number of anilines is 1. The monoisotopic (exact) mass is 295 g/mol. The van der Waals surface area contributed by atoms with Gasteiger partial charge >= 0.3 is 0 Å². The number of hydrogen-bond donors (Lipinski definition) is 1. The highest BCUT2D eigenvalue weighted by molar-refractivity contribution is 5.47. The topological polar surface area (TPSA) is 37.4 Å². The van der Waals surface area contributed by atoms with Gasteiger partial charge in [0, 0.05) is 25.2 Å². The Bertz CT molecular complexity index is 477. The number of hydrogen-bond acceptors (Lipinski definition) is 4. The molecule has 118 valence electrons. The summed E-state index contributed by atoms with van der Waals surface area (Å²) in [4.78, 5) is 6.51. The van der Waals surface area contributed by atoms with Crippen LogP contribution in [0.5, 0.6) is 0 Å². The van der Waals surface area contributed by atoms with Gasteiger partial charge in [-0.2, -0.15) is 0 Å². The van der Waals surface area contributed by atoms with E-state index in [0.29, 0.717) is 19.1 Å². The lowest BCUT2D eigenvalue weighted by Crippen LogP contribution is -2.49. The molecule has 0 radical (unpaired) electrons. The maximum atomic E-state index is 13.5. The zero-order chi connectivity index (χ0) is 15.5. The molecule has 21 heavy (non-hydrogen) atoms. The lowest BCUT2D eigenvalue weighted by Gasteiger charge is -2.39. The fourth-order valence-electron chi connectivity index (χ4n) is 2.58. The van der Waals surface area contributed by atoms with Crippen LogP contribution in [0.3, 0.4) is 0 Å². The zero-order valence-electron chi connectivity index (χ0n) is 13.4. The van der Waals surface area contributed by atoms with E-state index >= 15 is 0 Å². The lowest BCUT2D eigenvalue weighted by molar-refractivity contribution is -0.0279. The Labute approximate surface area is 126 Å². The van der Waals surface area contributed by atoms with Crippen LogP contribution in [0.1, 0.15) is 33.3 Å². The van der Waals surface area contributed by atoms with Crippen LogP contribution in [0.15, 0.2) is 12.3 Å². The first-order valence-corrected chi connectivity index (χ1v) is 7.61. The molecule has 1 aliphatic heterocycles. The fraction of sp³-hybridized carbons (Fsp3) is 0.688. The average molecular weight is 295 g/mol. The Morgan fingerprint density at radius 1 is 1.48 bits per heavy atom. The summed E-state index contributed by atoms with van der Waals surface area (Å²) in [5.74, 6) is 1.15. The smallest absolute Gasteiger partial charge is 0.141 e. The van der Waals surface area contributed by atoms with E-state index in [2.05, 4.69) is 42.9 Å². The summed E-state index contributed by atoms with van der Waals surface area (Å²) in [7, 11) is 0. The zero-order valence-corrected chi connectivity index (χ0v) is 13.4. The predicted molar refractivity (Wildman–Crippen MR) is 83.0 cm³/mol. The minimum absolute atomic E-state index is 0.197. The summed E-state index contributed by atoms with van der Waals surface area (Å²) in [6.07, 6.45) is 1.30. The molecule has 0 aliphatic carbocycles. The number of pyridine rings is 1. The lowest BCUT2D eigenvalue weighted by atomic mass is 10.1. The summed E-state index contributed by atoms with van der Waals surface area (Å²) < 4.78 is 19.3. The van der Waals surface area contributed by atoms with Crippen molar-refractivity contribution >= 4 is 5.82 Å². The van der Waals surface area contributed by atoms with Crippen molar-refractivity contribution in [3.8, 4) is 0 Å². The number of morpholine rings is 1. The van der Waals surface area contributed by atoms with Crippen LogP contribution in [-0.2, 0) is 11.3 Å². The third-order valence-corrected chi connectivity index (χ3v) is 3.50. The van der Waals surface area contributed by atoms with Crippen molar-refractivity contribution in [1.82, 2.24) is 10.3 Å². The number of ether oxygens (including phenoxy) is 1. The van der Waals surface area contributed by atoms with E-state index in [0.717, 1.165) is 31.0 Å². The summed E-state index contributed by atoms with van der Waals surface area (Å²) in [5, 5.41) is 3.36. The van der Waals surface area contributed by atoms with Crippen LogP contribution >= 0.6 is 0 Å². The molecule has 2 rings (SSSR count). The van der Waals surface area contributed by atoms with E-state index in [9.17, 15) is 4.39 Å². The normalized spacial score (nSPS) is 18.3. The van der Waals surface area contributed by atoms with Gasteiger partial charge in [-0.15, -0.1) is 0 Å². The molecule has 0 bridgehead atoms. The largest absolute Gasteiger partial charge is 0.372 e. The molecule has 0 saturated carbocycles. The van der Waals surface area contributed by atoms with Crippen molar-refractivity contribution in [2.24, 2.45) is 5.92 Å². The number of rotatable bonds is 5. The summed E-state index contributed by atoms with van der Waals surface area (Å²) in [6.45, 7) is 12.2. The molecule has 0 unspecified atom stereocenters. The van der Waals surface area contributed by atoms with Gasteiger partial charge in [-0.3, -0.25) is 0 Å². The average Bonchev–Trinajstić information content (AvgIpc) is 2.37. The first kappa shape index (κ1) is 16.2. The Kier molecular flexibility index (Phi) is 5.17. The molecule has 5 heteroatoms. The number of nitrogens with zero attached hydrogens (tertiary/aromatic N) is 2. The maximum absolute atomic E-state index is 13.5. The van der Waals surface area contributed by atoms with Gasteiger partial charge in [0.15, 0.2) is 0 Å². The second kappa shape index (κ2) is 6.71. The molecular formula is C16H26FN3O. The van der Waals surface area contributed by atoms with Gasteiger partial charge in [-0.1, -0.05) is 13.8 Å². The number of halogens is 1. The van der Waals surface area contributed by atoms with Crippen LogP contribution in [0, 0.1) is 11.7 Å². The maximum Gasteiger partial charge on any atom is 0.141 e. The van der Waals surface area contributed by atoms with Crippen LogP contribution < -0.4 is 10.2 Å². The SMILES string of the molecule is CC(C)CNCc1cc(F)cnc1N1CCOC(C)(C)C1. The molecule has 1 aromatic rings. The number of nitrogens with one attached hydrogen (secondary N) is 1. The molecule has 0 amide bonds. The Morgan fingerprint density at radius 2 is 2.24 bits per heavy atom. The quantitative estimate of drug-likeness (QED) is 0.906. The Hall–Kier alpha value is -1.20. The van der Waals surface area contributed by atoms with Crippen LogP contribution in [0.4, 0.5) is 10.2 Å². The van der Waals surface area contributed by atoms with Crippen molar-refractivity contribution in [2.75, 3.05) is 31.1 Å². The van der Waals surface area contributed by atoms with E-state index in [4.69, 9.17) is 4.74 Å². The van der Waals surface area contributed by atoms with Gasteiger partial charge in [-0.25, -0.2) is 9.37 Å². The van der Waals surface area contributed by atoms with E-state index in [1.807, 2.05) is 0 Å². The van der Waals surface area contributed by atoms with Crippen LogP contribution in [-0.4, -0.2) is 36.8 Å². The highest BCUT2D eigenvalue weighted by Crippen LogP contribution is 2.25. The first-order chi connectivity index (χ1) is 9.87. The van der Waals surface area contributed by atoms with E-state index < -0.39 is 0 Å². The van der Waals surface area contributed by atoms with Crippen molar-refractivity contribution in [3.63, 3.8) is 0 Å². The predicted octanol–water partition coefficient (Wildman–Crippen LogP) is 2.58. The second-order valence-electron chi connectivity index (χ2n) is 6.69. The third-order valence-electron chi connectivity index (χ3n) is 3.50. The van der Waals surface area contributed by atoms with Gasteiger partial charge in [0.25, 0.3) is 0 Å². The highest BCUT2D eigenvalue weighted by Gasteiger charge is 2.29. The molecule has 0 aromatic carbocycles. The Balaban J connectivity index is 2.14. The van der Waals surface area contributed by atoms with Gasteiger partial charge in [0.05, 0.1) is 18.4 Å². The van der Waals surface area contributed by atoms with Crippen LogP contribution in [0.2, 0.25) is 0 Å². The minimum Gasteiger partial charge on any atom is -0.372 e. The summed E-state index contributed by atoms with van der Waals surface area (Å²) >= 11 is 0. The van der Waals surface area contributed by atoms with Crippen molar-refractivity contribution in [1.29, 1.82) is 0 Å². The van der Waals surface area contributed by atoms with Crippen molar-refractivity contribution in [3.05, 3.63) is 23.6 Å². The molecule has 1 fully saturated rings. The van der Waals surface area contributed by atoms with Crippen LogP contribution in [0.25, 0.3) is 0 Å². The molecule has 1 N–H and O–H groups in total. The highest BCUT2D eigenvalue weighted by atomic mass is 19.1. The molecule has 1 saturated heterocycles. The molecule has 0 spiro atoms. The standard InChI is InChI=1S/C16H26FN3O/c1-12(2)8-18-9-13-7-14(17)10-19-15(13)20-5-6-21-16(3,4)11-20/h7,10,12,18H,5-6,8-9,11H2,1-4H3. The fourth-order valence-corrected chi connectivity index (χ4v) is 2.58. The summed E-state index contributed by atoms with van der Waals surface area (Å²) in [6, 6.07) is 1.58. The second-order valence-corrected chi connectivity index (χ2v) is 6.69. The summed E-state index contributed by atoms with van der Waals surface area (Å²) in [5.41, 5.74) is 0.713. The molecule has 2 heterocycles. The minimum atomic E-state index is -0.285. The van der Waals surface area contributed by atoms with Gasteiger partial charge in [0.1, 0.15) is 11.6 Å². The van der Waals surface area contributed by atoms with Crippen molar-refractivity contribution in [2.45, 2.75) is 39.8 Å². The van der Waals surface area contributed by atoms with Gasteiger partial charge in [0.2, 0.25) is 0 Å². The molecule has 4 nitrogen and oxygen atoms in total. The molecule has 1 aliphatic rings. The molecular weight excluding hydrogens is 269 g/mol. The third kappa shape index (κ3) is 4.64. The Morgan fingerprint density at radius 3 is 2.90 bits per heavy atom. The van der Waals surface area contributed by atoms with E-state index in [-0.39, 0.29) is 11.4 Å². The van der Waals surface area contributed by atoms with Gasteiger partial charge < -0.3 is 15.0 Å². The van der Waals surface area contributed by atoms with E-state index in [1.54, 1.807) is 6.07 Å². The van der Waals surface area contributed by atoms with Crippen molar-refractivity contribution < 1.29 is 9.13 Å². The van der Waals surface area contributed by atoms with Gasteiger partial charge in [-0.05, 0) is 32.4 Å². The van der Waals surface area contributed by atoms with E-state index in [1.165, 1.54) is 6.20 Å². The molecule has 1 aromatic heterocycles. The number of aromatic nitrogens is 1. The first-order valence-electron chi connectivity index (χ1n) is 7.61. The molecule has 0 atom stereocenters.